The van der Waals surface area contributed by atoms with Gasteiger partial charge in [-0.1, -0.05) is 0 Å². The van der Waals surface area contributed by atoms with Gasteiger partial charge in [0.05, 0.1) is 6.04 Å². The minimum atomic E-state index is -0.301. The fourth-order valence-electron chi connectivity index (χ4n) is 3.01. The van der Waals surface area contributed by atoms with Crippen molar-refractivity contribution < 1.29 is 4.79 Å². The summed E-state index contributed by atoms with van der Waals surface area (Å²) in [5.41, 5.74) is 6.00. The monoisotopic (exact) mass is 271 g/mol. The first-order chi connectivity index (χ1) is 8.72. The maximum Gasteiger partial charge on any atom is 0.239 e. The van der Waals surface area contributed by atoms with Gasteiger partial charge in [0.1, 0.15) is 0 Å². The maximum atomic E-state index is 12.3. The molecule has 4 nitrogen and oxygen atoms in total. The lowest BCUT2D eigenvalue weighted by Gasteiger charge is -2.27. The van der Waals surface area contributed by atoms with Crippen LogP contribution in [-0.4, -0.2) is 66.0 Å². The predicted octanol–water partition coefficient (Wildman–Crippen LogP) is 0.764. The van der Waals surface area contributed by atoms with Crippen LogP contribution in [0.2, 0.25) is 0 Å². The van der Waals surface area contributed by atoms with E-state index in [1.807, 2.05) is 4.90 Å². The second-order valence-electron chi connectivity index (χ2n) is 5.36. The normalized spacial score (nSPS) is 26.8. The Morgan fingerprint density at radius 2 is 2.17 bits per heavy atom. The molecule has 0 aromatic carbocycles. The van der Waals surface area contributed by atoms with Crippen molar-refractivity contribution in [2.75, 3.05) is 38.2 Å². The summed E-state index contributed by atoms with van der Waals surface area (Å²) in [5.74, 6) is 1.13. The van der Waals surface area contributed by atoms with Crippen molar-refractivity contribution in [3.8, 4) is 0 Å². The number of amides is 1. The second kappa shape index (κ2) is 6.78. The zero-order valence-electron chi connectivity index (χ0n) is 11.3. The third kappa shape index (κ3) is 3.39. The molecule has 1 amide bonds. The molecule has 18 heavy (non-hydrogen) atoms. The molecule has 1 unspecified atom stereocenters. The standard InChI is InChI=1S/C13H25N3OS/c1-18-9-5-12(14)13(17)16-8-3-7-15-6-2-4-11(15)10-16/h11-12H,2-10,14H2,1H3/t11?,12-/m0/s1. The van der Waals surface area contributed by atoms with E-state index in [1.165, 1.54) is 19.4 Å². The van der Waals surface area contributed by atoms with Crippen molar-refractivity contribution in [1.29, 1.82) is 0 Å². The van der Waals surface area contributed by atoms with Gasteiger partial charge < -0.3 is 10.6 Å². The van der Waals surface area contributed by atoms with Crippen LogP contribution in [-0.2, 0) is 4.79 Å². The number of fused-ring (bicyclic) bond motifs is 1. The van der Waals surface area contributed by atoms with E-state index in [4.69, 9.17) is 5.73 Å². The molecule has 2 fully saturated rings. The molecule has 2 N–H and O–H groups in total. The Labute approximate surface area is 114 Å². The molecule has 0 saturated carbocycles. The van der Waals surface area contributed by atoms with Crippen molar-refractivity contribution in [3.63, 3.8) is 0 Å². The smallest absolute Gasteiger partial charge is 0.239 e. The van der Waals surface area contributed by atoms with Gasteiger partial charge in [-0.05, 0) is 44.2 Å². The number of nitrogens with two attached hydrogens (primary N) is 1. The molecule has 2 atom stereocenters. The first-order valence-electron chi connectivity index (χ1n) is 6.99. The summed E-state index contributed by atoms with van der Waals surface area (Å²) < 4.78 is 0. The van der Waals surface area contributed by atoms with E-state index in [-0.39, 0.29) is 11.9 Å². The van der Waals surface area contributed by atoms with Crippen LogP contribution in [0.15, 0.2) is 0 Å². The van der Waals surface area contributed by atoms with Crippen LogP contribution < -0.4 is 5.73 Å². The SMILES string of the molecule is CSCC[C@H](N)C(=O)N1CCCN2CCCC2C1. The number of nitrogens with zero attached hydrogens (tertiary/aromatic N) is 2. The number of carbonyl (C=O) groups excluding carboxylic acids is 1. The molecule has 0 bridgehead atoms. The van der Waals surface area contributed by atoms with Gasteiger partial charge in [-0.2, -0.15) is 11.8 Å². The van der Waals surface area contributed by atoms with Gasteiger partial charge in [0.25, 0.3) is 0 Å². The molecule has 104 valence electrons. The number of hydrogen-bond donors (Lipinski definition) is 1. The molecule has 0 aliphatic carbocycles. The topological polar surface area (TPSA) is 49.6 Å². The summed E-state index contributed by atoms with van der Waals surface area (Å²) in [4.78, 5) is 16.9. The number of rotatable bonds is 4. The quantitative estimate of drug-likeness (QED) is 0.820. The van der Waals surface area contributed by atoms with Gasteiger partial charge in [0.2, 0.25) is 5.91 Å². The number of thioether (sulfide) groups is 1. The Morgan fingerprint density at radius 1 is 1.39 bits per heavy atom. The molecule has 2 aliphatic rings. The Kier molecular flexibility index (Phi) is 5.33. The van der Waals surface area contributed by atoms with Crippen LogP contribution in [0.4, 0.5) is 0 Å². The van der Waals surface area contributed by atoms with E-state index >= 15 is 0 Å². The number of hydrogen-bond acceptors (Lipinski definition) is 4. The van der Waals surface area contributed by atoms with Crippen molar-refractivity contribution in [2.45, 2.75) is 37.8 Å². The highest BCUT2D eigenvalue weighted by Crippen LogP contribution is 2.21. The molecular weight excluding hydrogens is 246 g/mol. The lowest BCUT2D eigenvalue weighted by molar-refractivity contribution is -0.132. The summed E-state index contributed by atoms with van der Waals surface area (Å²) in [5, 5.41) is 0. The van der Waals surface area contributed by atoms with E-state index in [2.05, 4.69) is 11.2 Å². The molecule has 2 aliphatic heterocycles. The minimum absolute atomic E-state index is 0.165. The predicted molar refractivity (Wildman–Crippen MR) is 76.8 cm³/mol. The van der Waals surface area contributed by atoms with Gasteiger partial charge in [0, 0.05) is 25.7 Å². The van der Waals surface area contributed by atoms with Gasteiger partial charge in [-0.15, -0.1) is 0 Å². The Bertz CT molecular complexity index is 287. The zero-order chi connectivity index (χ0) is 13.0. The molecule has 0 aromatic heterocycles. The highest BCUT2D eigenvalue weighted by atomic mass is 32.2. The molecule has 2 heterocycles. The highest BCUT2D eigenvalue weighted by Gasteiger charge is 2.31. The fraction of sp³-hybridized carbons (Fsp3) is 0.923. The molecule has 0 spiro atoms. The van der Waals surface area contributed by atoms with Crippen LogP contribution >= 0.6 is 11.8 Å². The lowest BCUT2D eigenvalue weighted by atomic mass is 10.1. The highest BCUT2D eigenvalue weighted by molar-refractivity contribution is 7.98. The van der Waals surface area contributed by atoms with Crippen molar-refractivity contribution >= 4 is 17.7 Å². The van der Waals surface area contributed by atoms with Crippen molar-refractivity contribution in [2.24, 2.45) is 5.73 Å². The number of carbonyl (C=O) groups is 1. The first kappa shape index (κ1) is 14.2. The molecule has 5 heteroatoms. The van der Waals surface area contributed by atoms with E-state index in [9.17, 15) is 4.79 Å². The molecule has 2 saturated heterocycles. The van der Waals surface area contributed by atoms with Crippen LogP contribution in [0.25, 0.3) is 0 Å². The average Bonchev–Trinajstić information content (AvgIpc) is 2.72. The molecule has 0 aromatic rings. The molecule has 0 radical (unpaired) electrons. The van der Waals surface area contributed by atoms with Gasteiger partial charge in [0.15, 0.2) is 0 Å². The van der Waals surface area contributed by atoms with Crippen LogP contribution in [0.1, 0.15) is 25.7 Å². The minimum Gasteiger partial charge on any atom is -0.340 e. The third-order valence-corrected chi connectivity index (χ3v) is 4.71. The average molecular weight is 271 g/mol. The molecule has 2 rings (SSSR count). The van der Waals surface area contributed by atoms with Gasteiger partial charge in [-0.25, -0.2) is 0 Å². The third-order valence-electron chi connectivity index (χ3n) is 4.07. The largest absolute Gasteiger partial charge is 0.340 e. The maximum absolute atomic E-state index is 12.3. The van der Waals surface area contributed by atoms with E-state index in [1.54, 1.807) is 11.8 Å². The summed E-state index contributed by atoms with van der Waals surface area (Å²) in [6, 6.07) is 0.287. The van der Waals surface area contributed by atoms with E-state index in [0.717, 1.165) is 38.2 Å². The Balaban J connectivity index is 1.89. The fourth-order valence-corrected chi connectivity index (χ4v) is 3.50. The van der Waals surface area contributed by atoms with Crippen molar-refractivity contribution in [1.82, 2.24) is 9.80 Å². The van der Waals surface area contributed by atoms with Crippen LogP contribution in [0.5, 0.6) is 0 Å². The van der Waals surface area contributed by atoms with Gasteiger partial charge in [-0.3, -0.25) is 9.69 Å². The Morgan fingerprint density at radius 3 is 2.94 bits per heavy atom. The van der Waals surface area contributed by atoms with E-state index < -0.39 is 0 Å². The molecular formula is C13H25N3OS. The van der Waals surface area contributed by atoms with Crippen LogP contribution in [0, 0.1) is 0 Å². The first-order valence-corrected chi connectivity index (χ1v) is 8.39. The second-order valence-corrected chi connectivity index (χ2v) is 6.34. The summed E-state index contributed by atoms with van der Waals surface area (Å²) in [6.45, 7) is 4.14. The van der Waals surface area contributed by atoms with E-state index in [0.29, 0.717) is 6.04 Å². The summed E-state index contributed by atoms with van der Waals surface area (Å²) >= 11 is 1.75. The lowest BCUT2D eigenvalue weighted by Crippen LogP contribution is -2.47. The van der Waals surface area contributed by atoms with Gasteiger partial charge >= 0.3 is 0 Å². The van der Waals surface area contributed by atoms with Crippen LogP contribution in [0.3, 0.4) is 0 Å². The Hall–Kier alpha value is -0.260. The summed E-state index contributed by atoms with van der Waals surface area (Å²) in [6.07, 6.45) is 6.47. The zero-order valence-corrected chi connectivity index (χ0v) is 12.1. The van der Waals surface area contributed by atoms with Crippen molar-refractivity contribution in [3.05, 3.63) is 0 Å². The summed E-state index contributed by atoms with van der Waals surface area (Å²) in [7, 11) is 0.